The summed E-state index contributed by atoms with van der Waals surface area (Å²) >= 11 is 13.2. The fourth-order valence-electron chi connectivity index (χ4n) is 4.63. The van der Waals surface area contributed by atoms with Crippen molar-refractivity contribution < 1.29 is 4.39 Å². The summed E-state index contributed by atoms with van der Waals surface area (Å²) in [6.45, 7) is 5.28. The van der Waals surface area contributed by atoms with Crippen molar-refractivity contribution in [2.24, 2.45) is 0 Å². The average Bonchev–Trinajstić information content (AvgIpc) is 3.35. The van der Waals surface area contributed by atoms with Crippen LogP contribution in [0.3, 0.4) is 0 Å². The quantitative estimate of drug-likeness (QED) is 0.214. The third-order valence-electron chi connectivity index (χ3n) is 6.42. The minimum absolute atomic E-state index is 0.326. The van der Waals surface area contributed by atoms with Crippen LogP contribution in [-0.4, -0.2) is 47.6 Å². The van der Waals surface area contributed by atoms with Gasteiger partial charge in [0.15, 0.2) is 0 Å². The minimum Gasteiger partial charge on any atom is -0.337 e. The Kier molecular flexibility index (Phi) is 7.20. The predicted octanol–water partition coefficient (Wildman–Crippen LogP) is 5.49. The van der Waals surface area contributed by atoms with Gasteiger partial charge in [0.2, 0.25) is 0 Å². The topological polar surface area (TPSA) is 73.1 Å². The highest BCUT2D eigenvalue weighted by atomic mass is 35.5. The number of rotatable bonds is 8. The molecule has 9 heteroatoms. The Labute approximate surface area is 212 Å². The molecule has 1 fully saturated rings. The zero-order valence-electron chi connectivity index (χ0n) is 19.1. The molecular weight excluding hydrogens is 488 g/mol. The van der Waals surface area contributed by atoms with Crippen molar-refractivity contribution in [1.82, 2.24) is 20.2 Å². The average molecular weight is 514 g/mol. The number of aromatic amines is 1. The zero-order valence-corrected chi connectivity index (χ0v) is 20.6. The van der Waals surface area contributed by atoms with Crippen LogP contribution in [0.1, 0.15) is 18.4 Å². The van der Waals surface area contributed by atoms with Crippen LogP contribution in [0.15, 0.2) is 47.4 Å². The van der Waals surface area contributed by atoms with Crippen LogP contribution in [0.4, 0.5) is 15.9 Å². The Morgan fingerprint density at radius 2 is 1.80 bits per heavy atom. The van der Waals surface area contributed by atoms with E-state index in [1.807, 2.05) is 12.1 Å². The maximum absolute atomic E-state index is 13.9. The molecule has 0 aliphatic carbocycles. The lowest BCUT2D eigenvalue weighted by Crippen LogP contribution is -2.30. The van der Waals surface area contributed by atoms with Crippen LogP contribution in [0.2, 0.25) is 10.0 Å². The number of aromatic nitrogens is 2. The minimum atomic E-state index is -0.434. The van der Waals surface area contributed by atoms with E-state index >= 15 is 0 Å². The van der Waals surface area contributed by atoms with Crippen LogP contribution >= 0.6 is 23.2 Å². The number of halogens is 3. The fourth-order valence-corrected chi connectivity index (χ4v) is 5.26. The highest BCUT2D eigenvalue weighted by Crippen LogP contribution is 2.36. The molecule has 0 spiro atoms. The summed E-state index contributed by atoms with van der Waals surface area (Å²) < 4.78 is 13.9. The van der Waals surface area contributed by atoms with Gasteiger partial charge in [-0.2, -0.15) is 0 Å². The molecule has 35 heavy (non-hydrogen) atoms. The van der Waals surface area contributed by atoms with Crippen molar-refractivity contribution in [2.45, 2.75) is 19.3 Å². The molecule has 3 N–H and O–H groups in total. The van der Waals surface area contributed by atoms with E-state index in [2.05, 4.69) is 25.5 Å². The maximum Gasteiger partial charge on any atom is 0.256 e. The number of benzene rings is 2. The Bertz CT molecular complexity index is 1410. The molecule has 4 aromatic rings. The first-order chi connectivity index (χ1) is 17.0. The van der Waals surface area contributed by atoms with Gasteiger partial charge in [-0.25, -0.2) is 9.37 Å². The molecule has 1 aliphatic heterocycles. The van der Waals surface area contributed by atoms with E-state index in [4.69, 9.17) is 23.2 Å². The molecule has 0 amide bonds. The second-order valence-corrected chi connectivity index (χ2v) is 9.64. The van der Waals surface area contributed by atoms with E-state index in [9.17, 15) is 9.18 Å². The second-order valence-electron chi connectivity index (χ2n) is 8.83. The number of hydrogen-bond donors (Lipinski definition) is 3. The van der Waals surface area contributed by atoms with Crippen molar-refractivity contribution in [2.75, 3.05) is 38.0 Å². The first kappa shape index (κ1) is 24.0. The van der Waals surface area contributed by atoms with E-state index in [-0.39, 0.29) is 5.56 Å². The molecule has 2 aromatic carbocycles. The van der Waals surface area contributed by atoms with Gasteiger partial charge in [0, 0.05) is 30.1 Å². The molecule has 0 radical (unpaired) electrons. The zero-order chi connectivity index (χ0) is 24.4. The first-order valence-electron chi connectivity index (χ1n) is 11.8. The molecule has 5 rings (SSSR count). The standard InChI is InChI=1S/C26H26Cl2FN5O/c27-20-13-16(5-7-30-9-12-34-10-1-2-11-34)14-21(28)24(20)33-25-18-6-8-31-26(35)23(18)19-15-17(29)3-4-22(19)32-25/h3-4,6,8,13-15,30H,1-2,5,7,9-12H2,(H,31,35)(H,32,33). The molecule has 1 saturated heterocycles. The van der Waals surface area contributed by atoms with E-state index < -0.39 is 5.82 Å². The molecular formula is C26H26Cl2FN5O. The van der Waals surface area contributed by atoms with Crippen LogP contribution in [0.5, 0.6) is 0 Å². The molecule has 0 bridgehead atoms. The summed E-state index contributed by atoms with van der Waals surface area (Å²) in [5.41, 5.74) is 1.70. The summed E-state index contributed by atoms with van der Waals surface area (Å²) in [6.07, 6.45) is 4.94. The van der Waals surface area contributed by atoms with E-state index in [0.717, 1.165) is 31.6 Å². The molecule has 1 aliphatic rings. The number of nitrogens with one attached hydrogen (secondary N) is 3. The van der Waals surface area contributed by atoms with Crippen LogP contribution in [-0.2, 0) is 6.42 Å². The number of pyridine rings is 2. The number of H-pyrrole nitrogens is 1. The molecule has 6 nitrogen and oxygen atoms in total. The molecule has 0 saturated carbocycles. The highest BCUT2D eigenvalue weighted by molar-refractivity contribution is 6.39. The lowest BCUT2D eigenvalue weighted by atomic mass is 10.1. The Balaban J connectivity index is 1.36. The smallest absolute Gasteiger partial charge is 0.256 e. The summed E-state index contributed by atoms with van der Waals surface area (Å²) in [4.78, 5) is 22.4. The van der Waals surface area contributed by atoms with Crippen molar-refractivity contribution in [3.05, 3.63) is 74.4 Å². The van der Waals surface area contributed by atoms with Gasteiger partial charge in [-0.1, -0.05) is 23.2 Å². The van der Waals surface area contributed by atoms with Gasteiger partial charge in [0.25, 0.3) is 5.56 Å². The number of fused-ring (bicyclic) bond motifs is 3. The van der Waals surface area contributed by atoms with Crippen LogP contribution in [0, 0.1) is 5.82 Å². The van der Waals surface area contributed by atoms with Crippen molar-refractivity contribution in [3.63, 3.8) is 0 Å². The van der Waals surface area contributed by atoms with E-state index in [1.54, 1.807) is 12.1 Å². The van der Waals surface area contributed by atoms with Gasteiger partial charge in [-0.3, -0.25) is 4.79 Å². The van der Waals surface area contributed by atoms with Crippen LogP contribution in [0.25, 0.3) is 21.7 Å². The summed E-state index contributed by atoms with van der Waals surface area (Å²) in [7, 11) is 0. The molecule has 0 atom stereocenters. The van der Waals surface area contributed by atoms with E-state index in [1.165, 1.54) is 44.3 Å². The van der Waals surface area contributed by atoms with E-state index in [0.29, 0.717) is 43.2 Å². The fraction of sp³-hybridized carbons (Fsp3) is 0.308. The van der Waals surface area contributed by atoms with Crippen molar-refractivity contribution >= 4 is 56.4 Å². The van der Waals surface area contributed by atoms with Crippen molar-refractivity contribution in [1.29, 1.82) is 0 Å². The predicted molar refractivity (Wildman–Crippen MR) is 142 cm³/mol. The molecule has 2 aromatic heterocycles. The SMILES string of the molecule is O=c1[nH]ccc2c(Nc3c(Cl)cc(CCNCCN4CCCC4)cc3Cl)nc3ccc(F)cc3c12. The Morgan fingerprint density at radius 3 is 2.57 bits per heavy atom. The third kappa shape index (κ3) is 5.28. The van der Waals surface area contributed by atoms with Crippen LogP contribution < -0.4 is 16.2 Å². The molecule has 3 heterocycles. The highest BCUT2D eigenvalue weighted by Gasteiger charge is 2.16. The normalized spacial score (nSPS) is 14.3. The van der Waals surface area contributed by atoms with Gasteiger partial charge in [-0.15, -0.1) is 0 Å². The van der Waals surface area contributed by atoms with Gasteiger partial charge >= 0.3 is 0 Å². The second kappa shape index (κ2) is 10.5. The van der Waals surface area contributed by atoms with Gasteiger partial charge in [-0.05, 0) is 80.9 Å². The Morgan fingerprint density at radius 1 is 1.03 bits per heavy atom. The summed E-state index contributed by atoms with van der Waals surface area (Å²) in [6, 6.07) is 9.69. The third-order valence-corrected chi connectivity index (χ3v) is 7.01. The summed E-state index contributed by atoms with van der Waals surface area (Å²) in [5, 5.41) is 8.96. The van der Waals surface area contributed by atoms with Gasteiger partial charge in [0.05, 0.1) is 26.6 Å². The number of likely N-dealkylation sites (tertiary alicyclic amines) is 1. The van der Waals surface area contributed by atoms with Crippen molar-refractivity contribution in [3.8, 4) is 0 Å². The maximum atomic E-state index is 13.9. The van der Waals surface area contributed by atoms with Gasteiger partial charge < -0.3 is 20.5 Å². The number of hydrogen-bond acceptors (Lipinski definition) is 5. The first-order valence-corrected chi connectivity index (χ1v) is 12.5. The number of anilines is 2. The largest absolute Gasteiger partial charge is 0.337 e. The lowest BCUT2D eigenvalue weighted by Gasteiger charge is -2.16. The van der Waals surface area contributed by atoms with Gasteiger partial charge in [0.1, 0.15) is 11.6 Å². The molecule has 0 unspecified atom stereocenters. The Hall–Kier alpha value is -2.71. The molecule has 182 valence electrons. The lowest BCUT2D eigenvalue weighted by molar-refractivity contribution is 0.336. The number of nitrogens with zero attached hydrogens (tertiary/aromatic N) is 2. The monoisotopic (exact) mass is 513 g/mol. The summed E-state index contributed by atoms with van der Waals surface area (Å²) in [5.74, 6) is -0.0119.